The first-order valence-electron chi connectivity index (χ1n) is 11.7. The third-order valence-electron chi connectivity index (χ3n) is 6.20. The van der Waals surface area contributed by atoms with Crippen LogP contribution in [0.2, 0.25) is 0 Å². The normalized spacial score (nSPS) is 18.2. The van der Waals surface area contributed by atoms with Crippen LogP contribution in [0.25, 0.3) is 0 Å². The highest BCUT2D eigenvalue weighted by atomic mass is 32.2. The second kappa shape index (κ2) is 11.3. The summed E-state index contributed by atoms with van der Waals surface area (Å²) in [5.41, 5.74) is 1.53. The number of carbonyl (C=O) groups is 4. The molecule has 0 radical (unpaired) electrons. The van der Waals surface area contributed by atoms with Crippen LogP contribution in [0.5, 0.6) is 5.75 Å². The van der Waals surface area contributed by atoms with Crippen molar-refractivity contribution in [3.05, 3.63) is 82.5 Å². The molecular formula is C27H26N2O6S. The number of allylic oxidation sites excluding steroid dienone is 4. The highest BCUT2D eigenvalue weighted by molar-refractivity contribution is 7.88. The molecule has 186 valence electrons. The third-order valence-corrected chi connectivity index (χ3v) is 7.69. The zero-order chi connectivity index (χ0) is 25.7. The van der Waals surface area contributed by atoms with E-state index in [1.54, 1.807) is 61.5 Å². The lowest BCUT2D eigenvalue weighted by atomic mass is 9.91. The molecule has 1 fully saturated rings. The van der Waals surface area contributed by atoms with E-state index in [1.807, 2.05) is 0 Å². The minimum Gasteiger partial charge on any atom is -0.491 e. The summed E-state index contributed by atoms with van der Waals surface area (Å²) in [6.07, 6.45) is 7.47. The molecule has 2 aromatic rings. The Morgan fingerprint density at radius 3 is 2.56 bits per heavy atom. The number of hydrogen-bond donors (Lipinski definition) is 0. The van der Waals surface area contributed by atoms with Crippen LogP contribution in [0, 0.1) is 12.8 Å². The van der Waals surface area contributed by atoms with Gasteiger partial charge in [-0.3, -0.25) is 33.3 Å². The van der Waals surface area contributed by atoms with Crippen molar-refractivity contribution < 1.29 is 28.1 Å². The Balaban J connectivity index is 1.43. The van der Waals surface area contributed by atoms with Gasteiger partial charge >= 0.3 is 0 Å². The van der Waals surface area contributed by atoms with Crippen molar-refractivity contribution in [2.75, 3.05) is 13.2 Å². The van der Waals surface area contributed by atoms with Gasteiger partial charge in [0.1, 0.15) is 12.4 Å². The molecule has 2 atom stereocenters. The zero-order valence-electron chi connectivity index (χ0n) is 19.8. The number of aromatic nitrogens is 1. The summed E-state index contributed by atoms with van der Waals surface area (Å²) in [7, 11) is -1.60. The van der Waals surface area contributed by atoms with Gasteiger partial charge in [0.05, 0.1) is 34.7 Å². The van der Waals surface area contributed by atoms with E-state index < -0.39 is 28.3 Å². The molecule has 0 bridgehead atoms. The summed E-state index contributed by atoms with van der Waals surface area (Å²) in [5, 5.41) is 0. The van der Waals surface area contributed by atoms with Crippen LogP contribution < -0.4 is 4.74 Å². The number of Topliss-reactive ketones (excluding diaryl/α,β-unsaturated/α-hetero) is 2. The topological polar surface area (TPSA) is 111 Å². The van der Waals surface area contributed by atoms with Gasteiger partial charge in [-0.15, -0.1) is 0 Å². The molecule has 9 heteroatoms. The Labute approximate surface area is 211 Å². The SMILES string of the molecule is Cc1c(OCCN2C(=O)CCC2=O)ccnc1CS(=O)C1=CC=CCC1C(=O)C(=O)c1ccccc1. The Bertz CT molecular complexity index is 1270. The maximum Gasteiger partial charge on any atom is 0.229 e. The second-order valence-corrected chi connectivity index (χ2v) is 9.95. The van der Waals surface area contributed by atoms with Crippen LogP contribution in [0.4, 0.5) is 0 Å². The third kappa shape index (κ3) is 5.57. The number of ketones is 2. The predicted octanol–water partition coefficient (Wildman–Crippen LogP) is 3.08. The van der Waals surface area contributed by atoms with E-state index in [9.17, 15) is 23.4 Å². The fourth-order valence-electron chi connectivity index (χ4n) is 4.16. The van der Waals surface area contributed by atoms with Crippen molar-refractivity contribution in [3.8, 4) is 5.75 Å². The number of nitrogens with zero attached hydrogens (tertiary/aromatic N) is 2. The van der Waals surface area contributed by atoms with E-state index in [-0.39, 0.29) is 43.6 Å². The molecule has 1 saturated heterocycles. The molecule has 2 unspecified atom stereocenters. The van der Waals surface area contributed by atoms with E-state index in [0.29, 0.717) is 33.9 Å². The number of carbonyl (C=O) groups excluding carboxylic acids is 4. The molecule has 36 heavy (non-hydrogen) atoms. The summed E-state index contributed by atoms with van der Waals surface area (Å²) in [5.74, 6) is -1.81. The summed E-state index contributed by atoms with van der Waals surface area (Å²) < 4.78 is 19.1. The van der Waals surface area contributed by atoms with Crippen molar-refractivity contribution in [2.45, 2.75) is 31.9 Å². The second-order valence-electron chi connectivity index (χ2n) is 8.50. The van der Waals surface area contributed by atoms with Crippen molar-refractivity contribution in [3.63, 3.8) is 0 Å². The molecule has 0 N–H and O–H groups in total. The van der Waals surface area contributed by atoms with E-state index in [4.69, 9.17) is 4.74 Å². The van der Waals surface area contributed by atoms with Gasteiger partial charge in [0.15, 0.2) is 0 Å². The van der Waals surface area contributed by atoms with E-state index in [0.717, 1.165) is 0 Å². The van der Waals surface area contributed by atoms with Crippen LogP contribution in [0.15, 0.2) is 65.7 Å². The number of pyridine rings is 1. The van der Waals surface area contributed by atoms with E-state index >= 15 is 0 Å². The van der Waals surface area contributed by atoms with Gasteiger partial charge in [-0.1, -0.05) is 42.5 Å². The summed E-state index contributed by atoms with van der Waals surface area (Å²) >= 11 is 0. The molecule has 8 nitrogen and oxygen atoms in total. The average Bonchev–Trinajstić information content (AvgIpc) is 3.22. The van der Waals surface area contributed by atoms with Gasteiger partial charge in [0.25, 0.3) is 0 Å². The van der Waals surface area contributed by atoms with Gasteiger partial charge < -0.3 is 4.74 Å². The number of hydrogen-bond acceptors (Lipinski definition) is 7. The quantitative estimate of drug-likeness (QED) is 0.277. The molecule has 2 heterocycles. The van der Waals surface area contributed by atoms with Crippen LogP contribution >= 0.6 is 0 Å². The van der Waals surface area contributed by atoms with Gasteiger partial charge in [0, 0.05) is 35.1 Å². The van der Waals surface area contributed by atoms with Crippen LogP contribution in [0.3, 0.4) is 0 Å². The standard InChI is InChI=1S/C27H26N2O6S/c1-18-21(28-14-13-22(18)35-16-15-29-24(30)11-12-25(29)31)17-36(34)23-10-6-5-9-20(23)27(33)26(32)19-7-3-2-4-8-19/h2-8,10,13-14,20H,9,11-12,15-17H2,1H3. The highest BCUT2D eigenvalue weighted by Crippen LogP contribution is 2.29. The Morgan fingerprint density at radius 2 is 1.83 bits per heavy atom. The molecule has 2 amide bonds. The maximum atomic E-state index is 13.3. The predicted molar refractivity (Wildman–Crippen MR) is 133 cm³/mol. The number of imide groups is 1. The molecule has 1 aliphatic heterocycles. The first-order valence-corrected chi connectivity index (χ1v) is 13.0. The first kappa shape index (κ1) is 25.4. The number of benzene rings is 1. The van der Waals surface area contributed by atoms with Gasteiger partial charge in [0.2, 0.25) is 23.4 Å². The Hall–Kier alpha value is -3.72. The lowest BCUT2D eigenvalue weighted by molar-refractivity contribution is -0.138. The zero-order valence-corrected chi connectivity index (χ0v) is 20.7. The van der Waals surface area contributed by atoms with Crippen LogP contribution in [0.1, 0.15) is 40.9 Å². The smallest absolute Gasteiger partial charge is 0.229 e. The maximum absolute atomic E-state index is 13.3. The van der Waals surface area contributed by atoms with Gasteiger partial charge in [-0.05, 0) is 25.5 Å². The minimum absolute atomic E-state index is 0.0507. The fourth-order valence-corrected chi connectivity index (χ4v) is 5.62. The van der Waals surface area contributed by atoms with E-state index in [2.05, 4.69) is 4.98 Å². The molecular weight excluding hydrogens is 480 g/mol. The molecule has 0 spiro atoms. The van der Waals surface area contributed by atoms with Crippen molar-refractivity contribution >= 4 is 34.2 Å². The summed E-state index contributed by atoms with van der Waals surface area (Å²) in [6, 6.07) is 10.0. The number of likely N-dealkylation sites (tertiary alicyclic amines) is 1. The minimum atomic E-state index is -1.60. The highest BCUT2D eigenvalue weighted by Gasteiger charge is 2.32. The van der Waals surface area contributed by atoms with Crippen molar-refractivity contribution in [1.29, 1.82) is 0 Å². The fraction of sp³-hybridized carbons (Fsp3) is 0.296. The molecule has 2 aliphatic rings. The van der Waals surface area contributed by atoms with Crippen LogP contribution in [-0.4, -0.2) is 50.6 Å². The van der Waals surface area contributed by atoms with Gasteiger partial charge in [-0.2, -0.15) is 0 Å². The van der Waals surface area contributed by atoms with Crippen LogP contribution in [-0.2, 0) is 30.9 Å². The van der Waals surface area contributed by atoms with Crippen molar-refractivity contribution in [2.24, 2.45) is 5.92 Å². The van der Waals surface area contributed by atoms with Gasteiger partial charge in [-0.25, -0.2) is 0 Å². The van der Waals surface area contributed by atoms with E-state index in [1.165, 1.54) is 11.1 Å². The van der Waals surface area contributed by atoms with Crippen molar-refractivity contribution in [1.82, 2.24) is 9.88 Å². The molecule has 4 rings (SSSR count). The lowest BCUT2D eigenvalue weighted by Crippen LogP contribution is -2.33. The molecule has 0 saturated carbocycles. The number of rotatable bonds is 10. The average molecular weight is 507 g/mol. The first-order chi connectivity index (χ1) is 17.4. The Morgan fingerprint density at radius 1 is 1.11 bits per heavy atom. The Kier molecular flexibility index (Phi) is 8.00. The lowest BCUT2D eigenvalue weighted by Gasteiger charge is -2.20. The molecule has 1 aliphatic carbocycles. The largest absolute Gasteiger partial charge is 0.491 e. The summed E-state index contributed by atoms with van der Waals surface area (Å²) in [6.45, 7) is 2.09. The monoisotopic (exact) mass is 506 g/mol. The number of amides is 2. The summed E-state index contributed by atoms with van der Waals surface area (Å²) in [4.78, 5) is 55.2. The molecule has 1 aromatic carbocycles. The number of ether oxygens (including phenoxy) is 1. The molecule has 1 aromatic heterocycles.